The molecular weight excluding hydrogens is 233 g/mol. The number of hydrazine groups is 1. The number of benzene rings is 1. The Balaban J connectivity index is 3.12. The Hall–Kier alpha value is -1.28. The highest BCUT2D eigenvalue weighted by atomic mass is 32.2. The normalized spacial score (nSPS) is 12.5. The fourth-order valence-corrected chi connectivity index (χ4v) is 1.45. The van der Waals surface area contributed by atoms with E-state index >= 15 is 0 Å². The Morgan fingerprint density at radius 1 is 1.13 bits per heavy atom. The van der Waals surface area contributed by atoms with Gasteiger partial charge in [0.05, 0.1) is 5.69 Å². The van der Waals surface area contributed by atoms with Crippen LogP contribution in [0, 0.1) is 0 Å². The van der Waals surface area contributed by atoms with Crippen molar-refractivity contribution in [2.75, 3.05) is 4.41 Å². The molecule has 0 atom stereocenters. The van der Waals surface area contributed by atoms with Gasteiger partial charge in [-0.1, -0.05) is 18.2 Å². The lowest BCUT2D eigenvalue weighted by Crippen LogP contribution is -2.45. The van der Waals surface area contributed by atoms with Gasteiger partial charge in [-0.2, -0.15) is 26.0 Å². The summed E-state index contributed by atoms with van der Waals surface area (Å²) in [5.74, 6) is 4.88. The zero-order valence-corrected chi connectivity index (χ0v) is 8.09. The smallest absolute Gasteiger partial charge is 0.233 e. The lowest BCUT2D eigenvalue weighted by molar-refractivity contribution is -0.0438. The van der Waals surface area contributed by atoms with Crippen LogP contribution in [0.5, 0.6) is 0 Å². The van der Waals surface area contributed by atoms with Gasteiger partial charge in [0.2, 0.25) is 0 Å². The number of hydrogen-bond donors (Lipinski definition) is 1. The van der Waals surface area contributed by atoms with Gasteiger partial charge in [-0.15, -0.1) is 0 Å². The lowest BCUT2D eigenvalue weighted by atomic mass is 10.3. The number of nitrogens with zero attached hydrogens (tertiary/aromatic N) is 1. The highest BCUT2D eigenvalue weighted by molar-refractivity contribution is 7.93. The zero-order chi connectivity index (χ0) is 11.7. The third-order valence-electron chi connectivity index (χ3n) is 1.56. The van der Waals surface area contributed by atoms with E-state index in [0.29, 0.717) is 0 Å². The Kier molecular flexibility index (Phi) is 2.91. The molecule has 0 radical (unpaired) electrons. The van der Waals surface area contributed by atoms with Crippen LogP contribution in [0.25, 0.3) is 0 Å². The summed E-state index contributed by atoms with van der Waals surface area (Å²) in [6, 6.07) is 6.59. The number of nitrogens with two attached hydrogens (primary N) is 1. The van der Waals surface area contributed by atoms with E-state index in [1.54, 1.807) is 0 Å². The molecule has 84 valence electrons. The van der Waals surface area contributed by atoms with Crippen molar-refractivity contribution in [3.05, 3.63) is 30.3 Å². The summed E-state index contributed by atoms with van der Waals surface area (Å²) in [6.45, 7) is 0. The topological polar surface area (TPSA) is 63.4 Å². The molecule has 1 aromatic carbocycles. The molecule has 0 aliphatic carbocycles. The molecule has 0 aliphatic rings. The van der Waals surface area contributed by atoms with Crippen molar-refractivity contribution in [1.29, 1.82) is 0 Å². The van der Waals surface area contributed by atoms with E-state index in [9.17, 15) is 21.6 Å². The van der Waals surface area contributed by atoms with Gasteiger partial charge < -0.3 is 0 Å². The predicted octanol–water partition coefficient (Wildman–Crippen LogP) is 1.22. The summed E-state index contributed by atoms with van der Waals surface area (Å²) >= 11 is 0. The van der Waals surface area contributed by atoms with Crippen LogP contribution in [-0.4, -0.2) is 13.9 Å². The van der Waals surface area contributed by atoms with Crippen molar-refractivity contribution in [2.24, 2.45) is 5.84 Å². The molecular formula is C7H7F3N2O2S. The van der Waals surface area contributed by atoms with Crippen molar-refractivity contribution in [1.82, 2.24) is 0 Å². The first-order valence-corrected chi connectivity index (χ1v) is 5.12. The van der Waals surface area contributed by atoms with Crippen molar-refractivity contribution in [3.63, 3.8) is 0 Å². The van der Waals surface area contributed by atoms with E-state index in [1.165, 1.54) is 18.2 Å². The van der Waals surface area contributed by atoms with Gasteiger partial charge in [0.25, 0.3) is 0 Å². The van der Waals surface area contributed by atoms with Crippen LogP contribution in [0.3, 0.4) is 0 Å². The first-order chi connectivity index (χ1) is 6.77. The summed E-state index contributed by atoms with van der Waals surface area (Å²) in [5, 5.41) is 0. The maximum Gasteiger partial charge on any atom is 0.518 e. The van der Waals surface area contributed by atoms with Crippen LogP contribution in [0.1, 0.15) is 0 Å². The van der Waals surface area contributed by atoms with E-state index in [2.05, 4.69) is 0 Å². The van der Waals surface area contributed by atoms with Gasteiger partial charge in [0.1, 0.15) is 0 Å². The molecule has 4 nitrogen and oxygen atoms in total. The standard InChI is InChI=1S/C7H7F3N2O2S/c8-7(9,10)15(13,14)12(11)6-4-2-1-3-5-6/h1-5H,11H2. The molecule has 2 N–H and O–H groups in total. The maximum atomic E-state index is 12.1. The lowest BCUT2D eigenvalue weighted by Gasteiger charge is -2.19. The van der Waals surface area contributed by atoms with Crippen molar-refractivity contribution < 1.29 is 21.6 Å². The van der Waals surface area contributed by atoms with Crippen molar-refractivity contribution >= 4 is 15.7 Å². The van der Waals surface area contributed by atoms with Crippen molar-refractivity contribution in [3.8, 4) is 0 Å². The number of hydrogen-bond acceptors (Lipinski definition) is 3. The van der Waals surface area contributed by atoms with Crippen LogP contribution in [0.4, 0.5) is 18.9 Å². The molecule has 0 bridgehead atoms. The second-order valence-electron chi connectivity index (χ2n) is 2.58. The molecule has 0 saturated carbocycles. The van der Waals surface area contributed by atoms with Crippen LogP contribution in [0.2, 0.25) is 0 Å². The summed E-state index contributed by atoms with van der Waals surface area (Å²) in [5.41, 5.74) is -5.66. The van der Waals surface area contributed by atoms with E-state index in [4.69, 9.17) is 5.84 Å². The monoisotopic (exact) mass is 240 g/mol. The second kappa shape index (κ2) is 3.70. The average molecular weight is 240 g/mol. The summed E-state index contributed by atoms with van der Waals surface area (Å²) in [6.07, 6.45) is 0. The van der Waals surface area contributed by atoms with Crippen LogP contribution >= 0.6 is 0 Å². The first kappa shape index (κ1) is 11.8. The number of rotatable bonds is 2. The SMILES string of the molecule is NN(c1ccccc1)S(=O)(=O)C(F)(F)F. The molecule has 15 heavy (non-hydrogen) atoms. The minimum atomic E-state index is -5.52. The number of para-hydroxylation sites is 1. The van der Waals surface area contributed by atoms with Crippen molar-refractivity contribution in [2.45, 2.75) is 5.51 Å². The summed E-state index contributed by atoms with van der Waals surface area (Å²) in [4.78, 5) is 0. The van der Waals surface area contributed by atoms with E-state index in [1.807, 2.05) is 0 Å². The van der Waals surface area contributed by atoms with Gasteiger partial charge in [0.15, 0.2) is 0 Å². The minimum absolute atomic E-state index is 0.255. The quantitative estimate of drug-likeness (QED) is 0.624. The number of alkyl halides is 3. The van der Waals surface area contributed by atoms with Gasteiger partial charge >= 0.3 is 15.5 Å². The Morgan fingerprint density at radius 2 is 1.60 bits per heavy atom. The molecule has 0 aliphatic heterocycles. The van der Waals surface area contributed by atoms with Gasteiger partial charge in [0, 0.05) is 0 Å². The number of sulfonamides is 1. The number of halogens is 3. The Morgan fingerprint density at radius 3 is 2.00 bits per heavy atom. The molecule has 0 heterocycles. The van der Waals surface area contributed by atoms with Gasteiger partial charge in [-0.3, -0.25) is 0 Å². The molecule has 0 saturated heterocycles. The Labute approximate surface area is 84.1 Å². The number of anilines is 1. The third-order valence-corrected chi connectivity index (χ3v) is 2.88. The molecule has 0 fully saturated rings. The minimum Gasteiger partial charge on any atom is -0.233 e. The average Bonchev–Trinajstić information content (AvgIpc) is 2.16. The van der Waals surface area contributed by atoms with Crippen LogP contribution in [-0.2, 0) is 10.0 Å². The van der Waals surface area contributed by atoms with Gasteiger partial charge in [-0.05, 0) is 12.1 Å². The summed E-state index contributed by atoms with van der Waals surface area (Å²) in [7, 11) is -5.52. The molecule has 8 heteroatoms. The Bertz CT molecular complexity index is 429. The largest absolute Gasteiger partial charge is 0.518 e. The maximum absolute atomic E-state index is 12.1. The molecule has 0 aromatic heterocycles. The first-order valence-electron chi connectivity index (χ1n) is 3.68. The third kappa shape index (κ3) is 2.21. The van der Waals surface area contributed by atoms with Crippen LogP contribution in [0.15, 0.2) is 30.3 Å². The van der Waals surface area contributed by atoms with E-state index in [0.717, 1.165) is 12.1 Å². The highest BCUT2D eigenvalue weighted by Crippen LogP contribution is 2.28. The van der Waals surface area contributed by atoms with E-state index in [-0.39, 0.29) is 10.1 Å². The summed E-state index contributed by atoms with van der Waals surface area (Å²) < 4.78 is 57.5. The molecule has 1 aromatic rings. The van der Waals surface area contributed by atoms with E-state index < -0.39 is 15.5 Å². The molecule has 1 rings (SSSR count). The highest BCUT2D eigenvalue weighted by Gasteiger charge is 2.49. The molecule has 0 spiro atoms. The predicted molar refractivity (Wildman–Crippen MR) is 48.1 cm³/mol. The second-order valence-corrected chi connectivity index (χ2v) is 4.39. The van der Waals surface area contributed by atoms with Gasteiger partial charge in [-0.25, -0.2) is 5.84 Å². The van der Waals surface area contributed by atoms with Crippen LogP contribution < -0.4 is 10.3 Å². The molecule has 0 unspecified atom stereocenters. The fourth-order valence-electron chi connectivity index (χ4n) is 0.825. The zero-order valence-electron chi connectivity index (χ0n) is 7.27. The molecule has 0 amide bonds. The fraction of sp³-hybridized carbons (Fsp3) is 0.143.